The quantitative estimate of drug-likeness (QED) is 0.0362. The van der Waals surface area contributed by atoms with Gasteiger partial charge in [0.2, 0.25) is 0 Å². The SMILES string of the molecule is CCCOC(=O)OC12CC3CC(OC(=O)OCCC)(C1)CC(OC(=O)C(C)(C)CC)(C3)C2.CCCOCOC12CC3(OCOCCC)CC(OC(=O)OCCC)(C1)CC(OC(=O)C(C)(C)CC)(C2)C3. The number of hydrogen-bond acceptors (Lipinski definition) is 17. The average molecular weight is 983 g/mol. The standard InChI is InChI=1S/C28H48O9.C24H38O8/c1-7-11-31-20-34-25-14-26(35-21-32-12-8-2)16-27(15-25,36-22(29)24(5,6)10-4)19-28(17-25,18-26)37-23(30)33-13-9-3;1-6-9-28-19(26)31-23-12-17-11-22(14-23,30-18(25)21(4,5)8-3)15-24(13-17,16-23)32-20(27)29-10-7-2/h7-21H2,1-6H3;17H,6-16H2,1-5H3. The van der Waals surface area contributed by atoms with E-state index in [1.165, 1.54) is 0 Å². The molecule has 8 fully saturated rings. The Labute approximate surface area is 410 Å². The lowest BCUT2D eigenvalue weighted by atomic mass is 9.48. The second kappa shape index (κ2) is 23.0. The topological polar surface area (TPSA) is 196 Å². The van der Waals surface area contributed by atoms with E-state index in [0.29, 0.717) is 122 Å². The lowest BCUT2D eigenvalue weighted by Crippen LogP contribution is -2.74. The van der Waals surface area contributed by atoms with Gasteiger partial charge in [-0.3, -0.25) is 9.59 Å². The van der Waals surface area contributed by atoms with E-state index in [4.69, 9.17) is 56.8 Å². The molecule has 0 amide bonds. The molecule has 17 nitrogen and oxygen atoms in total. The molecule has 0 aromatic carbocycles. The minimum absolute atomic E-state index is 0.0988. The molecule has 4 unspecified atom stereocenters. The van der Waals surface area contributed by atoms with Gasteiger partial charge in [-0.15, -0.1) is 0 Å². The van der Waals surface area contributed by atoms with E-state index in [2.05, 4.69) is 0 Å². The van der Waals surface area contributed by atoms with Crippen LogP contribution in [0, 0.1) is 16.7 Å². The molecule has 0 radical (unpaired) electrons. The van der Waals surface area contributed by atoms with Gasteiger partial charge in [-0.25, -0.2) is 14.4 Å². The molecule has 396 valence electrons. The van der Waals surface area contributed by atoms with Gasteiger partial charge in [0, 0.05) is 71.0 Å². The van der Waals surface area contributed by atoms with Crippen LogP contribution in [0.5, 0.6) is 0 Å². The van der Waals surface area contributed by atoms with Gasteiger partial charge in [0.1, 0.15) is 41.6 Å². The van der Waals surface area contributed by atoms with E-state index in [9.17, 15) is 24.0 Å². The summed E-state index contributed by atoms with van der Waals surface area (Å²) in [5.74, 6) is -0.452. The van der Waals surface area contributed by atoms with Crippen LogP contribution in [0.3, 0.4) is 0 Å². The van der Waals surface area contributed by atoms with Gasteiger partial charge in [0.05, 0.1) is 41.9 Å². The Balaban J connectivity index is 0.000000260. The van der Waals surface area contributed by atoms with Crippen molar-refractivity contribution in [2.24, 2.45) is 16.7 Å². The predicted molar refractivity (Wildman–Crippen MR) is 251 cm³/mol. The molecule has 8 saturated carbocycles. The lowest BCUT2D eigenvalue weighted by Gasteiger charge is -2.67. The van der Waals surface area contributed by atoms with Gasteiger partial charge in [0.25, 0.3) is 0 Å². The smallest absolute Gasteiger partial charge is 0.458 e. The van der Waals surface area contributed by atoms with Crippen LogP contribution in [0.15, 0.2) is 0 Å². The number of esters is 2. The van der Waals surface area contributed by atoms with Crippen LogP contribution in [0.1, 0.15) is 198 Å². The first-order valence-electron chi connectivity index (χ1n) is 26.0. The fourth-order valence-electron chi connectivity index (χ4n) is 12.2. The third-order valence-corrected chi connectivity index (χ3v) is 15.0. The highest BCUT2D eigenvalue weighted by molar-refractivity contribution is 5.77. The van der Waals surface area contributed by atoms with Crippen molar-refractivity contribution in [3.63, 3.8) is 0 Å². The monoisotopic (exact) mass is 983 g/mol. The molecule has 0 aromatic rings. The van der Waals surface area contributed by atoms with Crippen LogP contribution in [0.4, 0.5) is 14.4 Å². The van der Waals surface area contributed by atoms with Crippen molar-refractivity contribution >= 4 is 30.4 Å². The predicted octanol–water partition coefficient (Wildman–Crippen LogP) is 11.0. The van der Waals surface area contributed by atoms with Crippen LogP contribution in [-0.2, 0) is 66.4 Å². The maximum atomic E-state index is 13.4. The summed E-state index contributed by atoms with van der Waals surface area (Å²) >= 11 is 0. The van der Waals surface area contributed by atoms with Gasteiger partial charge >= 0.3 is 30.4 Å². The summed E-state index contributed by atoms with van der Waals surface area (Å²) in [4.78, 5) is 63.9. The molecular formula is C52H86O17. The molecule has 69 heavy (non-hydrogen) atoms. The van der Waals surface area contributed by atoms with Crippen molar-refractivity contribution in [2.75, 3.05) is 46.6 Å². The maximum Gasteiger partial charge on any atom is 0.508 e. The van der Waals surface area contributed by atoms with E-state index in [1.54, 1.807) is 0 Å². The van der Waals surface area contributed by atoms with Crippen LogP contribution in [0.2, 0.25) is 0 Å². The molecule has 8 rings (SSSR count). The largest absolute Gasteiger partial charge is 0.508 e. The number of carbonyl (C=O) groups is 5. The second-order valence-corrected chi connectivity index (χ2v) is 22.5. The summed E-state index contributed by atoms with van der Waals surface area (Å²) in [6, 6.07) is 0. The summed E-state index contributed by atoms with van der Waals surface area (Å²) in [5, 5.41) is 0. The number of ether oxygens (including phenoxy) is 12. The molecule has 8 aliphatic carbocycles. The molecule has 0 spiro atoms. The van der Waals surface area contributed by atoms with Crippen molar-refractivity contribution in [3.8, 4) is 0 Å². The van der Waals surface area contributed by atoms with Crippen LogP contribution in [-0.4, -0.2) is 116 Å². The highest BCUT2D eigenvalue weighted by Gasteiger charge is 2.74. The lowest BCUT2D eigenvalue weighted by molar-refractivity contribution is -0.339. The van der Waals surface area contributed by atoms with Gasteiger partial charge in [-0.2, -0.15) is 0 Å². The molecule has 17 heteroatoms. The molecule has 0 aliphatic heterocycles. The summed E-state index contributed by atoms with van der Waals surface area (Å²) in [6.07, 6.45) is 8.91. The fourth-order valence-corrected chi connectivity index (χ4v) is 12.2. The second-order valence-electron chi connectivity index (χ2n) is 22.5. The van der Waals surface area contributed by atoms with E-state index in [-0.39, 0.29) is 51.3 Å². The zero-order valence-electron chi connectivity index (χ0n) is 43.9. The minimum atomic E-state index is -0.953. The van der Waals surface area contributed by atoms with Crippen LogP contribution < -0.4 is 0 Å². The molecule has 0 saturated heterocycles. The first-order valence-corrected chi connectivity index (χ1v) is 26.0. The molecule has 0 N–H and O–H groups in total. The van der Waals surface area contributed by atoms with E-state index in [1.807, 2.05) is 76.2 Å². The van der Waals surface area contributed by atoms with Gasteiger partial charge in [0.15, 0.2) is 0 Å². The first-order chi connectivity index (χ1) is 32.5. The molecule has 0 aromatic heterocycles. The van der Waals surface area contributed by atoms with E-state index < -0.39 is 68.5 Å². The zero-order chi connectivity index (χ0) is 50.8. The Morgan fingerprint density at radius 2 is 0.667 bits per heavy atom. The third kappa shape index (κ3) is 14.0. The Kier molecular flexibility index (Phi) is 18.8. The Hall–Kier alpha value is -3.41. The Bertz CT molecular complexity index is 1690. The Morgan fingerprint density at radius 1 is 0.391 bits per heavy atom. The number of rotatable bonds is 25. The maximum absolute atomic E-state index is 13.4. The zero-order valence-corrected chi connectivity index (χ0v) is 43.9. The number of carbonyl (C=O) groups excluding carboxylic acids is 5. The van der Waals surface area contributed by atoms with Crippen molar-refractivity contribution in [1.82, 2.24) is 0 Å². The molecule has 8 aliphatic rings. The highest BCUT2D eigenvalue weighted by Crippen LogP contribution is 2.66. The van der Waals surface area contributed by atoms with Crippen molar-refractivity contribution in [3.05, 3.63) is 0 Å². The number of hydrogen-bond donors (Lipinski definition) is 0. The molecule has 8 bridgehead atoms. The van der Waals surface area contributed by atoms with Gasteiger partial charge in [-0.1, -0.05) is 48.5 Å². The van der Waals surface area contributed by atoms with Crippen molar-refractivity contribution < 1.29 is 80.8 Å². The van der Waals surface area contributed by atoms with Crippen LogP contribution in [0.25, 0.3) is 0 Å². The fraction of sp³-hybridized carbons (Fsp3) is 0.904. The van der Waals surface area contributed by atoms with Gasteiger partial charge < -0.3 is 56.8 Å². The summed E-state index contributed by atoms with van der Waals surface area (Å²) in [7, 11) is 0. The summed E-state index contributed by atoms with van der Waals surface area (Å²) < 4.78 is 70.3. The summed E-state index contributed by atoms with van der Waals surface area (Å²) in [6.45, 7) is 23.4. The normalized spacial score (nSPS) is 32.6. The highest BCUT2D eigenvalue weighted by atomic mass is 16.8. The van der Waals surface area contributed by atoms with Crippen molar-refractivity contribution in [1.29, 1.82) is 0 Å². The van der Waals surface area contributed by atoms with Crippen LogP contribution >= 0.6 is 0 Å². The van der Waals surface area contributed by atoms with Crippen molar-refractivity contribution in [2.45, 2.75) is 237 Å². The average Bonchev–Trinajstić information content (AvgIpc) is 3.25. The molecule has 0 heterocycles. The minimum Gasteiger partial charge on any atom is -0.458 e. The summed E-state index contributed by atoms with van der Waals surface area (Å²) in [5.41, 5.74) is -7.26. The Morgan fingerprint density at radius 3 is 1.01 bits per heavy atom. The van der Waals surface area contributed by atoms with Gasteiger partial charge in [-0.05, 0) is 97.8 Å². The van der Waals surface area contributed by atoms with E-state index >= 15 is 0 Å². The third-order valence-electron chi connectivity index (χ3n) is 15.0. The first kappa shape index (κ1) is 56.5. The van der Waals surface area contributed by atoms with E-state index in [0.717, 1.165) is 12.8 Å². The molecular weight excluding hydrogens is 897 g/mol. The molecule has 4 atom stereocenters.